The molecular weight excluding hydrogens is 182 g/mol. The van der Waals surface area contributed by atoms with Crippen molar-refractivity contribution in [1.29, 1.82) is 0 Å². The molecule has 0 amide bonds. The van der Waals surface area contributed by atoms with Gasteiger partial charge in [0.25, 0.3) is 0 Å². The summed E-state index contributed by atoms with van der Waals surface area (Å²) in [7, 11) is 0. The maximum atomic E-state index is 3.81. The zero-order valence-corrected chi connectivity index (χ0v) is 10.3. The van der Waals surface area contributed by atoms with Gasteiger partial charge in [-0.1, -0.05) is 26.0 Å². The van der Waals surface area contributed by atoms with Gasteiger partial charge in [0, 0.05) is 12.1 Å². The van der Waals surface area contributed by atoms with Crippen LogP contribution in [-0.2, 0) is 0 Å². The van der Waals surface area contributed by atoms with Gasteiger partial charge in [-0.25, -0.2) is 0 Å². The van der Waals surface area contributed by atoms with Gasteiger partial charge in [0.1, 0.15) is 0 Å². The fourth-order valence-corrected chi connectivity index (χ4v) is 2.82. The van der Waals surface area contributed by atoms with Crippen LogP contribution in [0.1, 0.15) is 58.8 Å². The first-order valence-electron chi connectivity index (χ1n) is 6.58. The highest BCUT2D eigenvalue weighted by atomic mass is 14.9. The van der Waals surface area contributed by atoms with Crippen molar-refractivity contribution in [3.8, 4) is 0 Å². The zero-order valence-electron chi connectivity index (χ0n) is 10.3. The molecule has 1 N–H and O–H groups in total. The van der Waals surface area contributed by atoms with Crippen LogP contribution in [0.5, 0.6) is 0 Å². The summed E-state index contributed by atoms with van der Waals surface area (Å²) < 4.78 is 0. The van der Waals surface area contributed by atoms with Gasteiger partial charge in [-0.05, 0) is 50.4 Å². The molecule has 0 heterocycles. The van der Waals surface area contributed by atoms with Crippen molar-refractivity contribution in [3.63, 3.8) is 0 Å². The number of allylic oxidation sites excluding steroid dienone is 1. The molecule has 2 aliphatic rings. The molecule has 1 atom stereocenters. The second kappa shape index (κ2) is 4.69. The van der Waals surface area contributed by atoms with Crippen LogP contribution >= 0.6 is 0 Å². The van der Waals surface area contributed by atoms with Gasteiger partial charge in [0.15, 0.2) is 0 Å². The molecule has 0 aromatic rings. The molecule has 1 unspecified atom stereocenters. The fraction of sp³-hybridized carbons (Fsp3) is 0.857. The van der Waals surface area contributed by atoms with E-state index < -0.39 is 0 Å². The maximum absolute atomic E-state index is 3.81. The monoisotopic (exact) mass is 207 g/mol. The molecule has 0 aromatic heterocycles. The third-order valence-electron chi connectivity index (χ3n) is 4.04. The molecule has 2 aliphatic carbocycles. The summed E-state index contributed by atoms with van der Waals surface area (Å²) in [5.74, 6) is 0. The third kappa shape index (κ3) is 3.34. The van der Waals surface area contributed by atoms with Gasteiger partial charge in [0.05, 0.1) is 0 Å². The van der Waals surface area contributed by atoms with Crippen LogP contribution in [0.4, 0.5) is 0 Å². The van der Waals surface area contributed by atoms with Crippen LogP contribution in [0, 0.1) is 5.41 Å². The summed E-state index contributed by atoms with van der Waals surface area (Å²) in [5, 5.41) is 3.81. The average Bonchev–Trinajstić information content (AvgIpc) is 2.23. The summed E-state index contributed by atoms with van der Waals surface area (Å²) in [6, 6.07) is 1.45. The first kappa shape index (κ1) is 11.2. The van der Waals surface area contributed by atoms with Gasteiger partial charge >= 0.3 is 0 Å². The number of hydrogen-bond donors (Lipinski definition) is 1. The Kier molecular flexibility index (Phi) is 3.50. The van der Waals surface area contributed by atoms with Crippen LogP contribution in [0.3, 0.4) is 0 Å². The summed E-state index contributed by atoms with van der Waals surface area (Å²) in [6.07, 6.45) is 14.2. The predicted molar refractivity (Wildman–Crippen MR) is 66.0 cm³/mol. The van der Waals surface area contributed by atoms with Crippen molar-refractivity contribution in [3.05, 3.63) is 12.2 Å². The molecule has 0 saturated heterocycles. The van der Waals surface area contributed by atoms with E-state index in [0.29, 0.717) is 11.5 Å². The smallest absolute Gasteiger partial charge is 0.0252 e. The first-order chi connectivity index (χ1) is 7.16. The van der Waals surface area contributed by atoms with E-state index in [1.165, 1.54) is 44.9 Å². The Morgan fingerprint density at radius 3 is 2.47 bits per heavy atom. The van der Waals surface area contributed by atoms with Crippen LogP contribution in [0.25, 0.3) is 0 Å². The minimum Gasteiger partial charge on any atom is -0.308 e. The van der Waals surface area contributed by atoms with Gasteiger partial charge < -0.3 is 5.32 Å². The summed E-state index contributed by atoms with van der Waals surface area (Å²) in [5.41, 5.74) is 0.598. The van der Waals surface area contributed by atoms with Gasteiger partial charge in [0.2, 0.25) is 0 Å². The third-order valence-corrected chi connectivity index (χ3v) is 4.04. The van der Waals surface area contributed by atoms with E-state index in [0.717, 1.165) is 6.04 Å². The SMILES string of the molecule is CC1(C)CCC(NC2C=CCCC2)CC1. The summed E-state index contributed by atoms with van der Waals surface area (Å²) in [4.78, 5) is 0. The molecule has 0 bridgehead atoms. The topological polar surface area (TPSA) is 12.0 Å². The van der Waals surface area contributed by atoms with Crippen molar-refractivity contribution >= 4 is 0 Å². The van der Waals surface area contributed by atoms with Crippen LogP contribution < -0.4 is 5.32 Å². The Bertz CT molecular complexity index is 219. The molecule has 1 heteroatoms. The zero-order chi connectivity index (χ0) is 10.7. The van der Waals surface area contributed by atoms with Gasteiger partial charge in [-0.3, -0.25) is 0 Å². The van der Waals surface area contributed by atoms with Crippen molar-refractivity contribution in [2.24, 2.45) is 5.41 Å². The lowest BCUT2D eigenvalue weighted by Crippen LogP contribution is -2.41. The van der Waals surface area contributed by atoms with E-state index in [1.54, 1.807) is 0 Å². The number of rotatable bonds is 2. The van der Waals surface area contributed by atoms with Gasteiger partial charge in [-0.15, -0.1) is 0 Å². The van der Waals surface area contributed by atoms with E-state index in [-0.39, 0.29) is 0 Å². The standard InChI is InChI=1S/C14H25N/c1-14(2)10-8-13(9-11-14)15-12-6-4-3-5-7-12/h4,6,12-13,15H,3,5,7-11H2,1-2H3. The lowest BCUT2D eigenvalue weighted by Gasteiger charge is -2.36. The predicted octanol–water partition coefficient (Wildman–Crippen LogP) is 3.65. The van der Waals surface area contributed by atoms with Crippen molar-refractivity contribution < 1.29 is 0 Å². The molecule has 1 nitrogen and oxygen atoms in total. The molecule has 0 aromatic carbocycles. The molecule has 2 rings (SSSR count). The minimum atomic E-state index is 0.598. The molecule has 0 spiro atoms. The van der Waals surface area contributed by atoms with Crippen LogP contribution in [0.15, 0.2) is 12.2 Å². The van der Waals surface area contributed by atoms with E-state index in [4.69, 9.17) is 0 Å². The second-order valence-corrected chi connectivity index (χ2v) is 6.07. The lowest BCUT2D eigenvalue weighted by molar-refractivity contribution is 0.200. The Labute approximate surface area is 94.3 Å². The maximum Gasteiger partial charge on any atom is 0.0252 e. The molecular formula is C14H25N. The Morgan fingerprint density at radius 1 is 1.13 bits per heavy atom. The number of nitrogens with one attached hydrogen (secondary N) is 1. The first-order valence-corrected chi connectivity index (χ1v) is 6.58. The Balaban J connectivity index is 1.76. The van der Waals surface area contributed by atoms with Crippen molar-refractivity contribution in [2.45, 2.75) is 70.9 Å². The van der Waals surface area contributed by atoms with Crippen LogP contribution in [0.2, 0.25) is 0 Å². The molecule has 86 valence electrons. The normalized spacial score (nSPS) is 31.7. The largest absolute Gasteiger partial charge is 0.308 e. The lowest BCUT2D eigenvalue weighted by atomic mass is 9.75. The molecule has 15 heavy (non-hydrogen) atoms. The quantitative estimate of drug-likeness (QED) is 0.681. The summed E-state index contributed by atoms with van der Waals surface area (Å²) >= 11 is 0. The fourth-order valence-electron chi connectivity index (χ4n) is 2.82. The van der Waals surface area contributed by atoms with E-state index in [1.807, 2.05) is 0 Å². The van der Waals surface area contributed by atoms with E-state index >= 15 is 0 Å². The van der Waals surface area contributed by atoms with Crippen molar-refractivity contribution in [1.82, 2.24) is 5.32 Å². The van der Waals surface area contributed by atoms with Crippen LogP contribution in [-0.4, -0.2) is 12.1 Å². The Hall–Kier alpha value is -0.300. The average molecular weight is 207 g/mol. The van der Waals surface area contributed by atoms with Gasteiger partial charge in [-0.2, -0.15) is 0 Å². The summed E-state index contributed by atoms with van der Waals surface area (Å²) in [6.45, 7) is 4.81. The highest BCUT2D eigenvalue weighted by Crippen LogP contribution is 2.35. The second-order valence-electron chi connectivity index (χ2n) is 6.07. The minimum absolute atomic E-state index is 0.598. The number of hydrogen-bond acceptors (Lipinski definition) is 1. The Morgan fingerprint density at radius 2 is 1.87 bits per heavy atom. The molecule has 1 fully saturated rings. The highest BCUT2D eigenvalue weighted by Gasteiger charge is 2.27. The molecule has 0 radical (unpaired) electrons. The molecule has 0 aliphatic heterocycles. The van der Waals surface area contributed by atoms with Crippen molar-refractivity contribution in [2.75, 3.05) is 0 Å². The molecule has 1 saturated carbocycles. The van der Waals surface area contributed by atoms with E-state index in [2.05, 4.69) is 31.3 Å². The van der Waals surface area contributed by atoms with E-state index in [9.17, 15) is 0 Å². The highest BCUT2D eigenvalue weighted by molar-refractivity contribution is 4.99.